The first-order valence-corrected chi connectivity index (χ1v) is 12.9. The van der Waals surface area contributed by atoms with E-state index in [0.29, 0.717) is 0 Å². The van der Waals surface area contributed by atoms with E-state index in [4.69, 9.17) is 0 Å². The van der Waals surface area contributed by atoms with Crippen molar-refractivity contribution in [1.82, 2.24) is 0 Å². The molecule has 0 unspecified atom stereocenters. The summed E-state index contributed by atoms with van der Waals surface area (Å²) in [6.45, 7) is 17.3. The smallest absolute Gasteiger partial charge is 0.0646 e. The lowest BCUT2D eigenvalue weighted by molar-refractivity contribution is 0.554. The van der Waals surface area contributed by atoms with Crippen molar-refractivity contribution < 1.29 is 0 Å². The van der Waals surface area contributed by atoms with Crippen molar-refractivity contribution >= 4 is 7.26 Å². The maximum absolute atomic E-state index is 2.49. The lowest BCUT2D eigenvalue weighted by Crippen LogP contribution is -2.26. The highest BCUT2D eigenvalue weighted by Gasteiger charge is 2.46. The van der Waals surface area contributed by atoms with Gasteiger partial charge in [-0.3, -0.25) is 0 Å². The minimum Gasteiger partial charge on any atom is -0.0654 e. The van der Waals surface area contributed by atoms with E-state index < -0.39 is 7.26 Å². The van der Waals surface area contributed by atoms with Crippen LogP contribution in [0.1, 0.15) is 119 Å². The predicted octanol–water partition coefficient (Wildman–Crippen LogP) is 8.54. The van der Waals surface area contributed by atoms with E-state index in [-0.39, 0.29) is 0 Å². The summed E-state index contributed by atoms with van der Waals surface area (Å²) < 4.78 is 0. The van der Waals surface area contributed by atoms with Gasteiger partial charge in [0.15, 0.2) is 0 Å². The number of hydrogen-bond acceptors (Lipinski definition) is 0. The molecule has 0 aromatic rings. The van der Waals surface area contributed by atoms with Crippen LogP contribution >= 0.6 is 7.26 Å². The molecule has 0 amide bonds. The van der Waals surface area contributed by atoms with E-state index in [1.54, 1.807) is 0 Å². The lowest BCUT2D eigenvalue weighted by Gasteiger charge is -2.38. The Balaban J connectivity index is 3.80. The van der Waals surface area contributed by atoms with Crippen LogP contribution in [0.3, 0.4) is 0 Å². The molecule has 0 nitrogen and oxygen atoms in total. The monoisotopic (exact) mass is 343 g/mol. The molecule has 0 N–H and O–H groups in total. The Morgan fingerprint density at radius 2 is 0.783 bits per heavy atom. The Bertz CT molecular complexity index is 233. The quantitative estimate of drug-likeness (QED) is 0.206. The highest BCUT2D eigenvalue weighted by Crippen LogP contribution is 2.70. The molecular formula is C22H48P+. The Morgan fingerprint density at radius 3 is 1.09 bits per heavy atom. The number of rotatable bonds is 15. The highest BCUT2D eigenvalue weighted by molar-refractivity contribution is 7.77. The largest absolute Gasteiger partial charge is 0.0654 e. The highest BCUT2D eigenvalue weighted by atomic mass is 31.2. The molecule has 0 heterocycles. The molecule has 23 heavy (non-hydrogen) atoms. The van der Waals surface area contributed by atoms with E-state index in [2.05, 4.69) is 48.5 Å². The minimum absolute atomic E-state index is 0.789. The van der Waals surface area contributed by atoms with Crippen LogP contribution in [0, 0.1) is 0 Å². The van der Waals surface area contributed by atoms with E-state index >= 15 is 0 Å². The van der Waals surface area contributed by atoms with Crippen molar-refractivity contribution in [2.24, 2.45) is 0 Å². The zero-order valence-electron chi connectivity index (χ0n) is 17.7. The van der Waals surface area contributed by atoms with Crippen molar-refractivity contribution in [3.63, 3.8) is 0 Å². The van der Waals surface area contributed by atoms with E-state index in [1.807, 2.05) is 0 Å². The van der Waals surface area contributed by atoms with Crippen LogP contribution in [0.5, 0.6) is 0 Å². The molecule has 0 aliphatic heterocycles. The van der Waals surface area contributed by atoms with Crippen molar-refractivity contribution in [3.8, 4) is 0 Å². The van der Waals surface area contributed by atoms with Gasteiger partial charge in [-0.1, -0.05) is 64.7 Å². The van der Waals surface area contributed by atoms with Gasteiger partial charge in [-0.25, -0.2) is 0 Å². The van der Waals surface area contributed by atoms with Crippen LogP contribution in [0.4, 0.5) is 0 Å². The third-order valence-corrected chi connectivity index (χ3v) is 12.9. The topological polar surface area (TPSA) is 0 Å². The molecule has 0 fully saturated rings. The fraction of sp³-hybridized carbons (Fsp3) is 1.00. The second-order valence-electron chi connectivity index (χ2n) is 8.54. The third kappa shape index (κ3) is 8.90. The van der Waals surface area contributed by atoms with Crippen LogP contribution in [0.15, 0.2) is 0 Å². The summed E-state index contributed by atoms with van der Waals surface area (Å²) >= 11 is 0. The zero-order valence-corrected chi connectivity index (χ0v) is 18.6. The molecule has 0 rings (SSSR count). The Kier molecular flexibility index (Phi) is 13.9. The van der Waals surface area contributed by atoms with Crippen molar-refractivity contribution in [2.75, 3.05) is 6.16 Å². The molecule has 0 atom stereocenters. The van der Waals surface area contributed by atoms with Gasteiger partial charge in [-0.05, 0) is 54.4 Å². The van der Waals surface area contributed by atoms with Crippen LogP contribution < -0.4 is 0 Å². The van der Waals surface area contributed by atoms with E-state index in [1.165, 1.54) is 76.8 Å². The maximum Gasteiger partial charge on any atom is 0.0646 e. The predicted molar refractivity (Wildman–Crippen MR) is 114 cm³/mol. The van der Waals surface area contributed by atoms with Gasteiger partial charge in [-0.2, -0.15) is 0 Å². The first kappa shape index (κ1) is 23.4. The number of unbranched alkanes of at least 4 members (excludes halogenated alkanes) is 10. The maximum atomic E-state index is 2.49. The Labute approximate surface area is 149 Å². The SMILES string of the molecule is CCCCCCCCCCCCC[P+](C(C)C)(C(C)C)C(C)C. The molecule has 1 heteroatoms. The fourth-order valence-corrected chi connectivity index (χ4v) is 10.5. The van der Waals surface area contributed by atoms with Gasteiger partial charge >= 0.3 is 0 Å². The summed E-state index contributed by atoms with van der Waals surface area (Å²) in [5.74, 6) is 0. The molecular weight excluding hydrogens is 295 g/mol. The van der Waals surface area contributed by atoms with Gasteiger partial charge in [0.2, 0.25) is 0 Å². The zero-order chi connectivity index (χ0) is 17.7. The van der Waals surface area contributed by atoms with Crippen molar-refractivity contribution in [3.05, 3.63) is 0 Å². The fourth-order valence-electron chi connectivity index (χ4n) is 4.61. The molecule has 0 bridgehead atoms. The van der Waals surface area contributed by atoms with Gasteiger partial charge in [-0.15, -0.1) is 0 Å². The first-order chi connectivity index (χ1) is 10.9. The summed E-state index contributed by atoms with van der Waals surface area (Å²) in [6.07, 6.45) is 17.6. The molecule has 0 spiro atoms. The van der Waals surface area contributed by atoms with E-state index in [9.17, 15) is 0 Å². The molecule has 0 saturated heterocycles. The number of hydrogen-bond donors (Lipinski definition) is 0. The van der Waals surface area contributed by atoms with Crippen molar-refractivity contribution in [1.29, 1.82) is 0 Å². The summed E-state index contributed by atoms with van der Waals surface area (Å²) in [6, 6.07) is 0. The van der Waals surface area contributed by atoms with Crippen molar-refractivity contribution in [2.45, 2.75) is 136 Å². The van der Waals surface area contributed by atoms with Gasteiger partial charge in [0, 0.05) is 7.26 Å². The van der Waals surface area contributed by atoms with E-state index in [0.717, 1.165) is 17.0 Å². The van der Waals surface area contributed by atoms with Crippen LogP contribution in [0.2, 0.25) is 0 Å². The average molecular weight is 344 g/mol. The summed E-state index contributed by atoms with van der Waals surface area (Å²) in [4.78, 5) is 0. The molecule has 0 aromatic carbocycles. The second kappa shape index (κ2) is 13.7. The molecule has 0 aliphatic carbocycles. The average Bonchev–Trinajstić information content (AvgIpc) is 2.47. The molecule has 0 aromatic heterocycles. The normalized spacial score (nSPS) is 12.8. The third-order valence-electron chi connectivity index (χ3n) is 6.03. The molecule has 0 saturated carbocycles. The summed E-state index contributed by atoms with van der Waals surface area (Å²) in [7, 11) is -0.789. The standard InChI is InChI=1S/C22H48P/c1-8-9-10-11-12-13-14-15-16-17-18-19-23(20(2)3,21(4)5)22(6)7/h20-22H,8-19H2,1-7H3/q+1. The Hall–Kier alpha value is 0.430. The van der Waals surface area contributed by atoms with Crippen LogP contribution in [-0.4, -0.2) is 23.1 Å². The summed E-state index contributed by atoms with van der Waals surface area (Å²) in [5, 5.41) is 0. The summed E-state index contributed by atoms with van der Waals surface area (Å²) in [5.41, 5.74) is 2.72. The van der Waals surface area contributed by atoms with Crippen LogP contribution in [-0.2, 0) is 0 Å². The first-order valence-electron chi connectivity index (χ1n) is 10.8. The van der Waals surface area contributed by atoms with Crippen LogP contribution in [0.25, 0.3) is 0 Å². The Morgan fingerprint density at radius 1 is 0.478 bits per heavy atom. The van der Waals surface area contributed by atoms with Gasteiger partial charge in [0.25, 0.3) is 0 Å². The second-order valence-corrected chi connectivity index (χ2v) is 14.1. The van der Waals surface area contributed by atoms with Gasteiger partial charge in [0.1, 0.15) is 0 Å². The molecule has 140 valence electrons. The van der Waals surface area contributed by atoms with Gasteiger partial charge < -0.3 is 0 Å². The minimum atomic E-state index is -0.789. The molecule has 0 aliphatic rings. The van der Waals surface area contributed by atoms with Gasteiger partial charge in [0.05, 0.1) is 23.1 Å². The molecule has 0 radical (unpaired) electrons. The lowest BCUT2D eigenvalue weighted by atomic mass is 10.1.